The third-order valence-electron chi connectivity index (χ3n) is 4.39. The lowest BCUT2D eigenvalue weighted by molar-refractivity contribution is -0.144. The molecule has 0 fully saturated rings. The minimum atomic E-state index is -0.280. The van der Waals surface area contributed by atoms with Crippen molar-refractivity contribution in [3.63, 3.8) is 0 Å². The number of hydrogen-bond donors (Lipinski definition) is 0. The first-order chi connectivity index (χ1) is 13.5. The van der Waals surface area contributed by atoms with Gasteiger partial charge in [0.2, 0.25) is 0 Å². The fraction of sp³-hybridized carbons (Fsp3) is 0.417. The van der Waals surface area contributed by atoms with Crippen molar-refractivity contribution in [2.75, 3.05) is 6.61 Å². The molecule has 0 saturated carbocycles. The average molecular weight is 382 g/mol. The van der Waals surface area contributed by atoms with E-state index in [-0.39, 0.29) is 11.9 Å². The number of rotatable bonds is 11. The molecule has 0 bridgehead atoms. The van der Waals surface area contributed by atoms with E-state index in [1.807, 2.05) is 42.5 Å². The molecule has 0 heterocycles. The molecule has 0 saturated heterocycles. The summed E-state index contributed by atoms with van der Waals surface area (Å²) in [6.45, 7) is 4.79. The maximum absolute atomic E-state index is 11.9. The molecule has 150 valence electrons. The largest absolute Gasteiger partial charge is 0.466 e. The van der Waals surface area contributed by atoms with E-state index < -0.39 is 0 Å². The molecule has 0 spiro atoms. The summed E-state index contributed by atoms with van der Waals surface area (Å²) < 4.78 is 10.5. The predicted molar refractivity (Wildman–Crippen MR) is 111 cm³/mol. The van der Waals surface area contributed by atoms with Crippen molar-refractivity contribution in [3.05, 3.63) is 54.6 Å². The Hall–Kier alpha value is -2.62. The molecule has 4 heteroatoms. The molecular weight excluding hydrogens is 352 g/mol. The smallest absolute Gasteiger partial charge is 0.311 e. The Morgan fingerprint density at radius 1 is 0.786 bits per heavy atom. The van der Waals surface area contributed by atoms with Crippen LogP contribution >= 0.6 is 0 Å². The lowest BCUT2D eigenvalue weighted by Crippen LogP contribution is -2.09. The lowest BCUT2D eigenvalue weighted by Gasteiger charge is -2.07. The third kappa shape index (κ3) is 8.38. The van der Waals surface area contributed by atoms with Gasteiger partial charge in [-0.05, 0) is 54.9 Å². The van der Waals surface area contributed by atoms with Gasteiger partial charge in [-0.15, -0.1) is 0 Å². The van der Waals surface area contributed by atoms with Crippen LogP contribution in [0.2, 0.25) is 0 Å². The van der Waals surface area contributed by atoms with Crippen molar-refractivity contribution in [3.8, 4) is 16.9 Å². The van der Waals surface area contributed by atoms with Gasteiger partial charge in [0.25, 0.3) is 0 Å². The summed E-state index contributed by atoms with van der Waals surface area (Å²) >= 11 is 0. The van der Waals surface area contributed by atoms with Crippen LogP contribution in [0.4, 0.5) is 0 Å². The van der Waals surface area contributed by atoms with E-state index in [0.29, 0.717) is 44.0 Å². The molecule has 2 rings (SSSR count). The van der Waals surface area contributed by atoms with E-state index in [1.165, 1.54) is 0 Å². The Balaban J connectivity index is 1.61. The topological polar surface area (TPSA) is 52.6 Å². The Kier molecular flexibility index (Phi) is 9.26. The Labute approximate surface area is 167 Å². The van der Waals surface area contributed by atoms with Crippen LogP contribution < -0.4 is 4.74 Å². The first kappa shape index (κ1) is 21.7. The van der Waals surface area contributed by atoms with E-state index in [0.717, 1.165) is 24.0 Å². The molecule has 0 aliphatic rings. The number of unbranched alkanes of at least 4 members (excludes halogenated alkanes) is 1. The molecule has 0 atom stereocenters. The van der Waals surface area contributed by atoms with Crippen LogP contribution in [0.3, 0.4) is 0 Å². The van der Waals surface area contributed by atoms with Gasteiger partial charge in [0, 0.05) is 12.8 Å². The Morgan fingerprint density at radius 3 is 2.04 bits per heavy atom. The normalized spacial score (nSPS) is 10.7. The Morgan fingerprint density at radius 2 is 1.39 bits per heavy atom. The highest BCUT2D eigenvalue weighted by Gasteiger charge is 2.08. The van der Waals surface area contributed by atoms with Gasteiger partial charge in [0.05, 0.1) is 6.61 Å². The van der Waals surface area contributed by atoms with Gasteiger partial charge >= 0.3 is 11.9 Å². The molecule has 0 aromatic heterocycles. The van der Waals surface area contributed by atoms with Crippen LogP contribution in [0.25, 0.3) is 11.1 Å². The molecule has 0 amide bonds. The fourth-order valence-corrected chi connectivity index (χ4v) is 2.82. The fourth-order valence-electron chi connectivity index (χ4n) is 2.82. The van der Waals surface area contributed by atoms with Crippen molar-refractivity contribution in [1.29, 1.82) is 0 Å². The van der Waals surface area contributed by atoms with Crippen molar-refractivity contribution in [1.82, 2.24) is 0 Å². The summed E-state index contributed by atoms with van der Waals surface area (Å²) in [6.07, 6.45) is 3.85. The van der Waals surface area contributed by atoms with Gasteiger partial charge in [-0.3, -0.25) is 9.59 Å². The van der Waals surface area contributed by atoms with Gasteiger partial charge in [-0.1, -0.05) is 56.3 Å². The van der Waals surface area contributed by atoms with Gasteiger partial charge < -0.3 is 9.47 Å². The van der Waals surface area contributed by atoms with E-state index in [2.05, 4.69) is 13.8 Å². The van der Waals surface area contributed by atoms with Crippen LogP contribution in [0, 0.1) is 5.92 Å². The molecular formula is C24H30O4. The van der Waals surface area contributed by atoms with Crippen molar-refractivity contribution >= 4 is 11.9 Å². The molecule has 4 nitrogen and oxygen atoms in total. The number of esters is 2. The van der Waals surface area contributed by atoms with Crippen LogP contribution in [0.15, 0.2) is 54.6 Å². The van der Waals surface area contributed by atoms with Crippen molar-refractivity contribution < 1.29 is 19.1 Å². The second-order valence-electron chi connectivity index (χ2n) is 7.33. The van der Waals surface area contributed by atoms with Crippen LogP contribution in [-0.2, 0) is 14.3 Å². The van der Waals surface area contributed by atoms with Crippen molar-refractivity contribution in [2.24, 2.45) is 5.92 Å². The SMILES string of the molecule is CC(C)CCCOC(=O)CCCCC(=O)Oc1ccc(-c2ccccc2)cc1. The first-order valence-electron chi connectivity index (χ1n) is 10.1. The zero-order valence-electron chi connectivity index (χ0n) is 16.9. The maximum atomic E-state index is 11.9. The number of carbonyl (C=O) groups excluding carboxylic acids is 2. The minimum absolute atomic E-state index is 0.186. The highest BCUT2D eigenvalue weighted by molar-refractivity contribution is 5.73. The monoisotopic (exact) mass is 382 g/mol. The lowest BCUT2D eigenvalue weighted by atomic mass is 10.1. The standard InChI is InChI=1S/C24H30O4/c1-19(2)9-8-18-27-23(25)12-6-7-13-24(26)28-22-16-14-21(15-17-22)20-10-4-3-5-11-20/h3-5,10-11,14-17,19H,6-9,12-13,18H2,1-2H3. The number of benzene rings is 2. The van der Waals surface area contributed by atoms with Gasteiger partial charge in [0.1, 0.15) is 5.75 Å². The third-order valence-corrected chi connectivity index (χ3v) is 4.39. The summed E-state index contributed by atoms with van der Waals surface area (Å²) in [4.78, 5) is 23.6. The van der Waals surface area contributed by atoms with Gasteiger partial charge in [-0.25, -0.2) is 0 Å². The average Bonchev–Trinajstić information content (AvgIpc) is 2.70. The zero-order chi connectivity index (χ0) is 20.2. The van der Waals surface area contributed by atoms with Gasteiger partial charge in [-0.2, -0.15) is 0 Å². The quantitative estimate of drug-likeness (QED) is 0.280. The maximum Gasteiger partial charge on any atom is 0.311 e. The summed E-state index contributed by atoms with van der Waals surface area (Å²) in [5.41, 5.74) is 2.20. The molecule has 2 aromatic carbocycles. The number of hydrogen-bond acceptors (Lipinski definition) is 4. The molecule has 0 unspecified atom stereocenters. The molecule has 0 aliphatic heterocycles. The van der Waals surface area contributed by atoms with Crippen LogP contribution in [0.1, 0.15) is 52.4 Å². The molecule has 0 N–H and O–H groups in total. The highest BCUT2D eigenvalue weighted by atomic mass is 16.5. The number of ether oxygens (including phenoxy) is 2. The van der Waals surface area contributed by atoms with E-state index in [4.69, 9.17) is 9.47 Å². The summed E-state index contributed by atoms with van der Waals surface area (Å²) in [5.74, 6) is 0.694. The van der Waals surface area contributed by atoms with Gasteiger partial charge in [0.15, 0.2) is 0 Å². The number of carbonyl (C=O) groups is 2. The predicted octanol–water partition coefficient (Wildman–Crippen LogP) is 5.80. The van der Waals surface area contributed by atoms with E-state index in [9.17, 15) is 9.59 Å². The second-order valence-corrected chi connectivity index (χ2v) is 7.33. The van der Waals surface area contributed by atoms with E-state index in [1.54, 1.807) is 12.1 Å². The summed E-state index contributed by atoms with van der Waals surface area (Å²) in [5, 5.41) is 0. The van der Waals surface area contributed by atoms with Crippen molar-refractivity contribution in [2.45, 2.75) is 52.4 Å². The molecule has 28 heavy (non-hydrogen) atoms. The van der Waals surface area contributed by atoms with Crippen LogP contribution in [0.5, 0.6) is 5.75 Å². The highest BCUT2D eigenvalue weighted by Crippen LogP contribution is 2.22. The zero-order valence-corrected chi connectivity index (χ0v) is 16.9. The molecule has 0 radical (unpaired) electrons. The van der Waals surface area contributed by atoms with E-state index >= 15 is 0 Å². The molecule has 0 aliphatic carbocycles. The second kappa shape index (κ2) is 12.0. The minimum Gasteiger partial charge on any atom is -0.466 e. The summed E-state index contributed by atoms with van der Waals surface area (Å²) in [7, 11) is 0. The first-order valence-corrected chi connectivity index (χ1v) is 10.1. The summed E-state index contributed by atoms with van der Waals surface area (Å²) in [6, 6.07) is 17.5. The Bertz CT molecular complexity index is 720. The van der Waals surface area contributed by atoms with Crippen LogP contribution in [-0.4, -0.2) is 18.5 Å². The molecule has 2 aromatic rings.